The number of rotatable bonds is 33. The van der Waals surface area contributed by atoms with Crippen molar-refractivity contribution in [2.75, 3.05) is 40.9 Å². The second-order valence-electron chi connectivity index (χ2n) is 14.0. The van der Waals surface area contributed by atoms with Gasteiger partial charge in [0.25, 0.3) is 0 Å². The highest BCUT2D eigenvalue weighted by atomic mass is 31.2. The molecule has 0 aliphatic heterocycles. The molecule has 0 heterocycles. The molecule has 3 N–H and O–H groups in total. The lowest BCUT2D eigenvalue weighted by Gasteiger charge is -2.26. The van der Waals surface area contributed by atoms with Crippen LogP contribution in [0.25, 0.3) is 0 Å². The van der Waals surface area contributed by atoms with Crippen LogP contribution in [0.15, 0.2) is 12.2 Å². The quantitative estimate of drug-likeness (QED) is 0.0280. The normalized spacial score (nSPS) is 14.9. The van der Waals surface area contributed by atoms with Gasteiger partial charge in [-0.05, 0) is 38.5 Å². The van der Waals surface area contributed by atoms with Crippen LogP contribution < -0.4 is 5.32 Å². The number of hydrogen-bond donors (Lipinski definition) is 3. The molecule has 0 saturated carbocycles. The molecule has 45 heavy (non-hydrogen) atoms. The summed E-state index contributed by atoms with van der Waals surface area (Å²) in [6, 6.07) is -0.757. The fraction of sp³-hybridized carbons (Fsp3) is 0.917. The van der Waals surface area contributed by atoms with Crippen LogP contribution in [0.2, 0.25) is 0 Å². The average Bonchev–Trinajstić information content (AvgIpc) is 2.97. The maximum atomic E-state index is 12.8. The van der Waals surface area contributed by atoms with E-state index < -0.39 is 20.0 Å². The summed E-state index contributed by atoms with van der Waals surface area (Å²) in [7, 11) is 1.61. The summed E-state index contributed by atoms with van der Waals surface area (Å²) in [5, 5.41) is 13.8. The van der Waals surface area contributed by atoms with Crippen LogP contribution in [-0.4, -0.2) is 73.4 Å². The smallest absolute Gasteiger partial charge is 0.391 e. The van der Waals surface area contributed by atoms with E-state index in [0.29, 0.717) is 23.9 Å². The molecule has 9 heteroatoms. The average molecular weight is 662 g/mol. The van der Waals surface area contributed by atoms with Crippen LogP contribution in [0.3, 0.4) is 0 Å². The lowest BCUT2D eigenvalue weighted by Crippen LogP contribution is -2.46. The molecule has 268 valence electrons. The van der Waals surface area contributed by atoms with Crippen molar-refractivity contribution < 1.29 is 32.9 Å². The van der Waals surface area contributed by atoms with E-state index in [2.05, 4.69) is 31.3 Å². The van der Waals surface area contributed by atoms with Crippen molar-refractivity contribution in [2.24, 2.45) is 0 Å². The third kappa shape index (κ3) is 31.6. The summed E-state index contributed by atoms with van der Waals surface area (Å²) in [6.45, 7) is 4.82. The molecule has 0 fully saturated rings. The van der Waals surface area contributed by atoms with Gasteiger partial charge in [0.15, 0.2) is 0 Å². The van der Waals surface area contributed by atoms with Gasteiger partial charge in [-0.25, -0.2) is 4.57 Å². The van der Waals surface area contributed by atoms with Crippen molar-refractivity contribution in [2.45, 2.75) is 174 Å². The Morgan fingerprint density at radius 2 is 1.20 bits per heavy atom. The molecule has 0 aliphatic carbocycles. The van der Waals surface area contributed by atoms with Gasteiger partial charge in [-0.3, -0.25) is 13.8 Å². The van der Waals surface area contributed by atoms with E-state index in [-0.39, 0.29) is 19.1 Å². The van der Waals surface area contributed by atoms with Gasteiger partial charge in [-0.2, -0.15) is 0 Å². The highest BCUT2D eigenvalue weighted by Crippen LogP contribution is 2.43. The number of phosphoric acid groups is 1. The van der Waals surface area contributed by atoms with Gasteiger partial charge in [-0.15, -0.1) is 0 Å². The number of unbranched alkanes of at least 4 members (excludes halogenated alkanes) is 18. The molecule has 0 spiro atoms. The van der Waals surface area contributed by atoms with Crippen molar-refractivity contribution >= 4 is 13.7 Å². The first-order valence-electron chi connectivity index (χ1n) is 18.6. The maximum absolute atomic E-state index is 12.8. The Morgan fingerprint density at radius 1 is 0.733 bits per heavy atom. The number of hydrogen-bond acceptors (Lipinski definition) is 5. The van der Waals surface area contributed by atoms with Gasteiger partial charge in [0.2, 0.25) is 5.91 Å². The van der Waals surface area contributed by atoms with Crippen LogP contribution in [0.1, 0.15) is 162 Å². The zero-order valence-corrected chi connectivity index (χ0v) is 31.0. The first-order valence-corrected chi connectivity index (χ1v) is 20.0. The number of amides is 1. The van der Waals surface area contributed by atoms with Crippen molar-refractivity contribution in [1.82, 2.24) is 5.32 Å². The van der Waals surface area contributed by atoms with E-state index in [4.69, 9.17) is 9.05 Å². The predicted octanol–water partition coefficient (Wildman–Crippen LogP) is 9.24. The molecule has 0 aromatic carbocycles. The molecular weight excluding hydrogens is 587 g/mol. The molecule has 0 aliphatic rings. The van der Waals surface area contributed by atoms with Crippen LogP contribution in [0.5, 0.6) is 0 Å². The Hall–Kier alpha value is -0.760. The van der Waals surface area contributed by atoms with Gasteiger partial charge in [-0.1, -0.05) is 129 Å². The second-order valence-corrected chi connectivity index (χ2v) is 15.4. The summed E-state index contributed by atoms with van der Waals surface area (Å²) < 4.78 is 23.5. The number of nitrogens with one attached hydrogen (secondary N) is 1. The third-order valence-electron chi connectivity index (χ3n) is 8.26. The monoisotopic (exact) mass is 662 g/mol. The third-order valence-corrected chi connectivity index (χ3v) is 9.25. The molecule has 8 nitrogen and oxygen atoms in total. The zero-order valence-electron chi connectivity index (χ0n) is 30.1. The van der Waals surface area contributed by atoms with Crippen molar-refractivity contribution in [3.63, 3.8) is 0 Å². The maximum Gasteiger partial charge on any atom is 0.472 e. The largest absolute Gasteiger partial charge is 0.472 e. The fourth-order valence-electron chi connectivity index (χ4n) is 5.21. The molecule has 0 rings (SSSR count). The molecular formula is C36H74N2O6P+. The minimum Gasteiger partial charge on any atom is -0.391 e. The fourth-order valence-corrected chi connectivity index (χ4v) is 5.95. The van der Waals surface area contributed by atoms with Gasteiger partial charge in [0, 0.05) is 6.42 Å². The summed E-state index contributed by atoms with van der Waals surface area (Å²) in [5.74, 6) is -0.157. The van der Waals surface area contributed by atoms with Crippen molar-refractivity contribution in [3.05, 3.63) is 12.2 Å². The van der Waals surface area contributed by atoms with Gasteiger partial charge in [0.1, 0.15) is 13.2 Å². The lowest BCUT2D eigenvalue weighted by molar-refractivity contribution is -0.870. The molecule has 0 bridgehead atoms. The van der Waals surface area contributed by atoms with Gasteiger partial charge >= 0.3 is 7.82 Å². The summed E-state index contributed by atoms with van der Waals surface area (Å²) in [4.78, 5) is 22.9. The first kappa shape index (κ1) is 44.2. The molecule has 1 amide bonds. The topological polar surface area (TPSA) is 105 Å². The van der Waals surface area contributed by atoms with Crippen molar-refractivity contribution in [3.8, 4) is 0 Å². The van der Waals surface area contributed by atoms with Crippen molar-refractivity contribution in [1.29, 1.82) is 0 Å². The molecule has 0 aromatic rings. The van der Waals surface area contributed by atoms with E-state index >= 15 is 0 Å². The lowest BCUT2D eigenvalue weighted by atomic mass is 10.0. The van der Waals surface area contributed by atoms with E-state index in [0.717, 1.165) is 51.4 Å². The second kappa shape index (κ2) is 29.4. The first-order chi connectivity index (χ1) is 21.5. The summed E-state index contributed by atoms with van der Waals surface area (Å²) >= 11 is 0. The predicted molar refractivity (Wildman–Crippen MR) is 189 cm³/mol. The number of phosphoric ester groups is 1. The number of likely N-dealkylation sites (N-methyl/N-ethyl adjacent to an activating group) is 1. The number of nitrogens with zero attached hydrogens (tertiary/aromatic N) is 1. The van der Waals surface area contributed by atoms with E-state index in [1.165, 1.54) is 83.5 Å². The highest BCUT2D eigenvalue weighted by Gasteiger charge is 2.28. The van der Waals surface area contributed by atoms with Gasteiger partial charge < -0.3 is 19.8 Å². The molecule has 3 unspecified atom stereocenters. The van der Waals surface area contributed by atoms with Crippen LogP contribution >= 0.6 is 7.82 Å². The molecule has 0 radical (unpaired) electrons. The Bertz CT molecular complexity index is 758. The van der Waals surface area contributed by atoms with Gasteiger partial charge in [0.05, 0.1) is 39.9 Å². The van der Waals surface area contributed by atoms with Crippen LogP contribution in [-0.2, 0) is 18.4 Å². The number of aliphatic hydroxyl groups is 1. The minimum atomic E-state index is -4.30. The van der Waals surface area contributed by atoms with Crippen LogP contribution in [0, 0.1) is 0 Å². The minimum absolute atomic E-state index is 0.0742. The highest BCUT2D eigenvalue weighted by molar-refractivity contribution is 7.47. The van der Waals surface area contributed by atoms with E-state index in [1.54, 1.807) is 0 Å². The van der Waals surface area contributed by atoms with Crippen LogP contribution in [0.4, 0.5) is 0 Å². The SMILES string of the molecule is CCCCC/C=C\CCCCCCCC(=O)NC(COP(=O)(O)OCC[N+](C)(C)C)C(O)CCCCCCCCCCCCC. The Labute approximate surface area is 278 Å². The Kier molecular flexibility index (Phi) is 28.9. The van der Waals surface area contributed by atoms with E-state index in [1.807, 2.05) is 21.1 Å². The zero-order chi connectivity index (χ0) is 33.7. The molecule has 0 saturated heterocycles. The number of carbonyl (C=O) groups is 1. The number of aliphatic hydroxyl groups excluding tert-OH is 1. The number of carbonyl (C=O) groups excluding carboxylic acids is 1. The summed E-state index contributed by atoms with van der Waals surface area (Å²) in [5.41, 5.74) is 0. The standard InChI is InChI=1S/C36H73N2O6P/c1-6-8-10-12-14-16-18-20-22-24-26-28-30-36(40)37-34(33-44-45(41,42)43-32-31-38(3,4)5)35(39)29-27-25-23-21-19-17-15-13-11-9-7-2/h14,16,34-35,39H,6-13,15,17-33H2,1-5H3,(H-,37,40,41,42)/p+1/b16-14-. The summed E-state index contributed by atoms with van der Waals surface area (Å²) in [6.07, 6.45) is 29.4. The number of allylic oxidation sites excluding steroid dienone is 2. The molecule has 3 atom stereocenters. The number of quaternary nitrogens is 1. The Balaban J connectivity index is 4.51. The Morgan fingerprint density at radius 3 is 1.76 bits per heavy atom. The van der Waals surface area contributed by atoms with E-state index in [9.17, 15) is 19.4 Å². The molecule has 0 aromatic heterocycles.